The van der Waals surface area contributed by atoms with E-state index in [1.807, 2.05) is 0 Å². The third-order valence-corrected chi connectivity index (χ3v) is 3.39. The second-order valence-corrected chi connectivity index (χ2v) is 4.83. The van der Waals surface area contributed by atoms with Gasteiger partial charge in [0, 0.05) is 14.0 Å². The fraction of sp³-hybridized carbons (Fsp3) is 0.286. The third kappa shape index (κ3) is 2.90. The maximum atomic E-state index is 11.9. The normalized spacial score (nSPS) is 18.0. The van der Waals surface area contributed by atoms with Gasteiger partial charge in [0.15, 0.2) is 0 Å². The average molecular weight is 305 g/mol. The molecule has 1 aliphatic heterocycles. The number of nitro groups is 1. The molecule has 2 amide bonds. The fourth-order valence-corrected chi connectivity index (χ4v) is 2.19. The molecular formula is C14H15N3O5. The molecule has 0 radical (unpaired) electrons. The van der Waals surface area contributed by atoms with Crippen molar-refractivity contribution in [2.45, 2.75) is 19.9 Å². The molecule has 0 bridgehead atoms. The quantitative estimate of drug-likeness (QED) is 0.397. The SMILES string of the molecule is CC(=O)Oc1ccc(C2NC(=O)N(C)C(C)=C2[N+](=O)[O-])cc1. The summed E-state index contributed by atoms with van der Waals surface area (Å²) >= 11 is 0. The van der Waals surface area contributed by atoms with Gasteiger partial charge in [-0.1, -0.05) is 12.1 Å². The number of urea groups is 1. The van der Waals surface area contributed by atoms with Crippen molar-refractivity contribution in [2.75, 3.05) is 7.05 Å². The lowest BCUT2D eigenvalue weighted by Gasteiger charge is -2.29. The summed E-state index contributed by atoms with van der Waals surface area (Å²) in [5.74, 6) is -0.124. The van der Waals surface area contributed by atoms with Crippen LogP contribution in [-0.4, -0.2) is 28.9 Å². The molecular weight excluding hydrogens is 290 g/mol. The highest BCUT2D eigenvalue weighted by atomic mass is 16.6. The Kier molecular flexibility index (Phi) is 4.11. The Morgan fingerprint density at radius 1 is 1.36 bits per heavy atom. The van der Waals surface area contributed by atoms with Crippen LogP contribution in [0.15, 0.2) is 35.7 Å². The number of hydrogen-bond acceptors (Lipinski definition) is 5. The lowest BCUT2D eigenvalue weighted by atomic mass is 10.0. The van der Waals surface area contributed by atoms with Gasteiger partial charge < -0.3 is 10.1 Å². The van der Waals surface area contributed by atoms with Gasteiger partial charge in [-0.05, 0) is 24.6 Å². The van der Waals surface area contributed by atoms with Crippen molar-refractivity contribution >= 4 is 12.0 Å². The molecule has 0 aliphatic carbocycles. The Bertz CT molecular complexity index is 666. The van der Waals surface area contributed by atoms with E-state index in [0.29, 0.717) is 11.3 Å². The second kappa shape index (κ2) is 5.84. The van der Waals surface area contributed by atoms with Gasteiger partial charge in [0.05, 0.1) is 10.6 Å². The second-order valence-electron chi connectivity index (χ2n) is 4.83. The Morgan fingerprint density at radius 2 is 1.95 bits per heavy atom. The van der Waals surface area contributed by atoms with E-state index >= 15 is 0 Å². The van der Waals surface area contributed by atoms with Gasteiger partial charge >= 0.3 is 12.0 Å². The highest BCUT2D eigenvalue weighted by Crippen LogP contribution is 2.30. The van der Waals surface area contributed by atoms with E-state index in [0.717, 1.165) is 0 Å². The Hall–Kier alpha value is -2.90. The van der Waals surface area contributed by atoms with Gasteiger partial charge in [-0.15, -0.1) is 0 Å². The lowest BCUT2D eigenvalue weighted by molar-refractivity contribution is -0.433. The molecule has 8 nitrogen and oxygen atoms in total. The van der Waals surface area contributed by atoms with E-state index in [-0.39, 0.29) is 11.4 Å². The minimum absolute atomic E-state index is 0.0951. The number of esters is 1. The van der Waals surface area contributed by atoms with Crippen LogP contribution in [0.25, 0.3) is 0 Å². The monoisotopic (exact) mass is 305 g/mol. The van der Waals surface area contributed by atoms with Crippen LogP contribution in [0.3, 0.4) is 0 Å². The molecule has 1 aliphatic rings. The highest BCUT2D eigenvalue weighted by molar-refractivity contribution is 5.78. The summed E-state index contributed by atoms with van der Waals surface area (Å²) in [6, 6.07) is 4.92. The molecule has 116 valence electrons. The summed E-state index contributed by atoms with van der Waals surface area (Å²) in [7, 11) is 1.47. The molecule has 0 aromatic heterocycles. The van der Waals surface area contributed by atoms with Crippen LogP contribution < -0.4 is 10.1 Å². The molecule has 22 heavy (non-hydrogen) atoms. The molecule has 1 atom stereocenters. The minimum atomic E-state index is -0.856. The largest absolute Gasteiger partial charge is 0.427 e. The first-order chi connectivity index (χ1) is 10.3. The summed E-state index contributed by atoms with van der Waals surface area (Å²) < 4.78 is 4.91. The summed E-state index contributed by atoms with van der Waals surface area (Å²) in [4.78, 5) is 34.7. The van der Waals surface area contributed by atoms with Crippen molar-refractivity contribution < 1.29 is 19.2 Å². The predicted molar refractivity (Wildman–Crippen MR) is 76.5 cm³/mol. The van der Waals surface area contributed by atoms with E-state index < -0.39 is 23.0 Å². The smallest absolute Gasteiger partial charge is 0.322 e. The van der Waals surface area contributed by atoms with Gasteiger partial charge in [0.2, 0.25) is 0 Å². The standard InChI is InChI=1S/C14H15N3O5/c1-8-13(17(20)21)12(15-14(19)16(8)3)10-4-6-11(7-5-10)22-9(2)18/h4-7,12H,1-3H3,(H,15,19). The number of benzene rings is 1. The van der Waals surface area contributed by atoms with Crippen molar-refractivity contribution in [1.29, 1.82) is 0 Å². The third-order valence-electron chi connectivity index (χ3n) is 3.39. The summed E-state index contributed by atoms with van der Waals surface area (Å²) in [6.45, 7) is 2.80. The molecule has 0 saturated heterocycles. The first-order valence-electron chi connectivity index (χ1n) is 6.49. The highest BCUT2D eigenvalue weighted by Gasteiger charge is 2.37. The summed E-state index contributed by atoms with van der Waals surface area (Å²) in [5, 5.41) is 13.9. The Labute approximate surface area is 126 Å². The van der Waals surface area contributed by atoms with Crippen LogP contribution in [0, 0.1) is 10.1 Å². The summed E-state index contributed by atoms with van der Waals surface area (Å²) in [6.07, 6.45) is 0. The first-order valence-corrected chi connectivity index (χ1v) is 6.49. The van der Waals surface area contributed by atoms with Crippen molar-refractivity contribution in [1.82, 2.24) is 10.2 Å². The molecule has 1 aromatic rings. The fourth-order valence-electron chi connectivity index (χ4n) is 2.19. The van der Waals surface area contributed by atoms with Gasteiger partial charge in [-0.3, -0.25) is 19.8 Å². The lowest BCUT2D eigenvalue weighted by Crippen LogP contribution is -2.45. The molecule has 1 N–H and O–H groups in total. The molecule has 1 aromatic carbocycles. The van der Waals surface area contributed by atoms with E-state index in [1.165, 1.54) is 37.9 Å². The number of nitrogens with one attached hydrogen (secondary N) is 1. The number of rotatable bonds is 3. The zero-order valence-corrected chi connectivity index (χ0v) is 12.3. The molecule has 0 spiro atoms. The van der Waals surface area contributed by atoms with Crippen LogP contribution >= 0.6 is 0 Å². The molecule has 8 heteroatoms. The molecule has 0 fully saturated rings. The maximum Gasteiger partial charge on any atom is 0.322 e. The van der Waals surface area contributed by atoms with Gasteiger partial charge in [0.1, 0.15) is 11.8 Å². The number of carbonyl (C=O) groups is 2. The molecule has 2 rings (SSSR count). The van der Waals surface area contributed by atoms with Gasteiger partial charge in [-0.2, -0.15) is 0 Å². The number of hydrogen-bond donors (Lipinski definition) is 1. The Morgan fingerprint density at radius 3 is 2.45 bits per heavy atom. The summed E-state index contributed by atoms with van der Waals surface area (Å²) in [5.41, 5.74) is 0.716. The number of ether oxygens (including phenoxy) is 1. The van der Waals surface area contributed by atoms with Gasteiger partial charge in [-0.25, -0.2) is 4.79 Å². The minimum Gasteiger partial charge on any atom is -0.427 e. The van der Waals surface area contributed by atoms with Crippen molar-refractivity contribution in [2.24, 2.45) is 0 Å². The number of nitrogens with zero attached hydrogens (tertiary/aromatic N) is 2. The van der Waals surface area contributed by atoms with E-state index in [1.54, 1.807) is 12.1 Å². The molecule has 1 unspecified atom stereocenters. The maximum absolute atomic E-state index is 11.9. The zero-order valence-electron chi connectivity index (χ0n) is 12.3. The predicted octanol–water partition coefficient (Wildman–Crippen LogP) is 1.82. The number of allylic oxidation sites excluding steroid dienone is 1. The zero-order chi connectivity index (χ0) is 16.4. The first kappa shape index (κ1) is 15.5. The van der Waals surface area contributed by atoms with E-state index in [2.05, 4.69) is 5.32 Å². The van der Waals surface area contributed by atoms with Crippen molar-refractivity contribution in [3.8, 4) is 5.75 Å². The molecule has 1 heterocycles. The van der Waals surface area contributed by atoms with E-state index in [4.69, 9.17) is 4.74 Å². The number of amides is 2. The van der Waals surface area contributed by atoms with Crippen LogP contribution in [0.1, 0.15) is 25.5 Å². The number of carbonyl (C=O) groups excluding carboxylic acids is 2. The van der Waals surface area contributed by atoms with E-state index in [9.17, 15) is 19.7 Å². The molecule has 0 saturated carbocycles. The average Bonchev–Trinajstić information content (AvgIpc) is 2.44. The van der Waals surface area contributed by atoms with Crippen LogP contribution in [0.5, 0.6) is 5.75 Å². The Balaban J connectivity index is 2.39. The van der Waals surface area contributed by atoms with Crippen LogP contribution in [0.2, 0.25) is 0 Å². The van der Waals surface area contributed by atoms with Crippen LogP contribution in [-0.2, 0) is 4.79 Å². The van der Waals surface area contributed by atoms with Gasteiger partial charge in [0.25, 0.3) is 5.70 Å². The van der Waals surface area contributed by atoms with Crippen LogP contribution in [0.4, 0.5) is 4.79 Å². The van der Waals surface area contributed by atoms with Crippen molar-refractivity contribution in [3.05, 3.63) is 51.3 Å². The van der Waals surface area contributed by atoms with Crippen molar-refractivity contribution in [3.63, 3.8) is 0 Å². The topological polar surface area (TPSA) is 102 Å².